The van der Waals surface area contributed by atoms with Gasteiger partial charge in [0.25, 0.3) is 0 Å². The van der Waals surface area contributed by atoms with Gasteiger partial charge in [-0.2, -0.15) is 0 Å². The Morgan fingerprint density at radius 3 is 2.62 bits per heavy atom. The van der Waals surface area contributed by atoms with Crippen LogP contribution in [0.1, 0.15) is 18.4 Å². The fourth-order valence-electron chi connectivity index (χ4n) is 2.54. The smallest absolute Gasteiger partial charge is 0.407 e. The molecule has 1 saturated carbocycles. The number of ether oxygens (including phenoxy) is 1. The molecule has 1 aliphatic rings. The van der Waals surface area contributed by atoms with Gasteiger partial charge in [-0.05, 0) is 18.4 Å². The summed E-state index contributed by atoms with van der Waals surface area (Å²) in [6.07, 6.45) is -0.290. The highest BCUT2D eigenvalue weighted by Gasteiger charge is 2.35. The minimum absolute atomic E-state index is 0.160. The third kappa shape index (κ3) is 4.46. The maximum absolute atomic E-state index is 11.6. The lowest BCUT2D eigenvalue weighted by Crippen LogP contribution is -2.32. The summed E-state index contributed by atoms with van der Waals surface area (Å²) in [6, 6.07) is 9.36. The molecule has 0 aromatic heterocycles. The van der Waals surface area contributed by atoms with Crippen LogP contribution in [0.25, 0.3) is 0 Å². The Labute approximate surface area is 123 Å². The molecule has 21 heavy (non-hydrogen) atoms. The quantitative estimate of drug-likeness (QED) is 0.746. The average molecular weight is 292 g/mol. The number of benzene rings is 1. The van der Waals surface area contributed by atoms with E-state index >= 15 is 0 Å². The first-order valence-corrected chi connectivity index (χ1v) is 6.98. The van der Waals surface area contributed by atoms with Gasteiger partial charge in [-0.25, -0.2) is 4.79 Å². The Hall–Kier alpha value is -2.08. The van der Waals surface area contributed by atoms with Gasteiger partial charge in [-0.3, -0.25) is 4.79 Å². The molecule has 0 heterocycles. The maximum Gasteiger partial charge on any atom is 0.407 e. The van der Waals surface area contributed by atoms with Gasteiger partial charge in [0.05, 0.1) is 6.10 Å². The first kappa shape index (κ1) is 15.3. The lowest BCUT2D eigenvalue weighted by Gasteiger charge is -2.15. The lowest BCUT2D eigenvalue weighted by molar-refractivity contribution is -0.121. The largest absolute Gasteiger partial charge is 0.445 e. The predicted octanol–water partition coefficient (Wildman–Crippen LogP) is 0.785. The number of primary amides is 1. The van der Waals surface area contributed by atoms with Crippen LogP contribution in [-0.4, -0.2) is 29.8 Å². The van der Waals surface area contributed by atoms with Crippen molar-refractivity contribution in [2.24, 2.45) is 17.6 Å². The number of carbonyl (C=O) groups is 2. The molecule has 6 heteroatoms. The Morgan fingerprint density at radius 1 is 1.29 bits per heavy atom. The highest BCUT2D eigenvalue weighted by Crippen LogP contribution is 2.30. The molecule has 3 atom stereocenters. The van der Waals surface area contributed by atoms with Crippen molar-refractivity contribution in [1.29, 1.82) is 0 Å². The van der Waals surface area contributed by atoms with Crippen molar-refractivity contribution in [2.75, 3.05) is 6.54 Å². The zero-order valence-corrected chi connectivity index (χ0v) is 11.7. The number of nitrogens with two attached hydrogens (primary N) is 1. The van der Waals surface area contributed by atoms with Crippen molar-refractivity contribution in [3.05, 3.63) is 35.9 Å². The molecule has 0 aliphatic heterocycles. The van der Waals surface area contributed by atoms with Crippen LogP contribution in [0.3, 0.4) is 0 Å². The fourth-order valence-corrected chi connectivity index (χ4v) is 2.54. The van der Waals surface area contributed by atoms with Gasteiger partial charge in [0.2, 0.25) is 5.91 Å². The van der Waals surface area contributed by atoms with Crippen molar-refractivity contribution < 1.29 is 19.4 Å². The molecule has 0 unspecified atom stereocenters. The van der Waals surface area contributed by atoms with E-state index in [0.29, 0.717) is 12.8 Å². The zero-order valence-electron chi connectivity index (χ0n) is 11.7. The second kappa shape index (κ2) is 7.08. The normalized spacial score (nSPS) is 24.5. The molecule has 2 rings (SSSR count). The number of rotatable bonds is 5. The van der Waals surface area contributed by atoms with Crippen molar-refractivity contribution in [2.45, 2.75) is 25.6 Å². The molecule has 1 aromatic carbocycles. The summed E-state index contributed by atoms with van der Waals surface area (Å²) in [7, 11) is 0. The van der Waals surface area contributed by atoms with E-state index in [4.69, 9.17) is 10.5 Å². The van der Waals surface area contributed by atoms with Gasteiger partial charge in [0, 0.05) is 18.4 Å². The Balaban J connectivity index is 1.71. The molecule has 1 aliphatic carbocycles. The van der Waals surface area contributed by atoms with Crippen molar-refractivity contribution in [1.82, 2.24) is 5.32 Å². The minimum Gasteiger partial charge on any atom is -0.445 e. The molecule has 0 saturated heterocycles. The van der Waals surface area contributed by atoms with Crippen molar-refractivity contribution in [3.63, 3.8) is 0 Å². The highest BCUT2D eigenvalue weighted by atomic mass is 16.5. The first-order chi connectivity index (χ1) is 10.1. The minimum atomic E-state index is -0.614. The summed E-state index contributed by atoms with van der Waals surface area (Å²) in [5, 5.41) is 12.4. The summed E-state index contributed by atoms with van der Waals surface area (Å²) >= 11 is 0. The average Bonchev–Trinajstić information content (AvgIpc) is 2.85. The molecule has 1 aromatic rings. The zero-order chi connectivity index (χ0) is 15.2. The maximum atomic E-state index is 11.6. The second-order valence-corrected chi connectivity index (χ2v) is 5.34. The van der Waals surface area contributed by atoms with E-state index in [1.54, 1.807) is 0 Å². The number of alkyl carbamates (subject to hydrolysis) is 1. The van der Waals surface area contributed by atoms with Gasteiger partial charge >= 0.3 is 6.09 Å². The molecule has 0 radical (unpaired) electrons. The summed E-state index contributed by atoms with van der Waals surface area (Å²) in [4.78, 5) is 22.7. The summed E-state index contributed by atoms with van der Waals surface area (Å²) in [6.45, 7) is 0.475. The van der Waals surface area contributed by atoms with Gasteiger partial charge < -0.3 is 20.9 Å². The van der Waals surface area contributed by atoms with E-state index in [-0.39, 0.29) is 25.0 Å². The number of hydrogen-bond donors (Lipinski definition) is 3. The second-order valence-electron chi connectivity index (χ2n) is 5.34. The Morgan fingerprint density at radius 2 is 2.00 bits per heavy atom. The van der Waals surface area contributed by atoms with Crippen LogP contribution in [0, 0.1) is 11.8 Å². The number of aliphatic hydroxyl groups is 1. The lowest BCUT2D eigenvalue weighted by atomic mass is 10.0. The van der Waals surface area contributed by atoms with E-state index < -0.39 is 18.1 Å². The van der Waals surface area contributed by atoms with Gasteiger partial charge in [0.1, 0.15) is 6.61 Å². The number of aliphatic hydroxyl groups excluding tert-OH is 1. The van der Waals surface area contributed by atoms with Crippen molar-refractivity contribution >= 4 is 12.0 Å². The van der Waals surface area contributed by atoms with Gasteiger partial charge in [-0.15, -0.1) is 0 Å². The first-order valence-electron chi connectivity index (χ1n) is 6.98. The van der Waals surface area contributed by atoms with E-state index in [1.807, 2.05) is 30.3 Å². The van der Waals surface area contributed by atoms with Gasteiger partial charge in [0.15, 0.2) is 0 Å². The van der Waals surface area contributed by atoms with Crippen molar-refractivity contribution in [3.8, 4) is 0 Å². The molecule has 6 nitrogen and oxygen atoms in total. The molecule has 2 amide bonds. The predicted molar refractivity (Wildman–Crippen MR) is 76.0 cm³/mol. The fraction of sp³-hybridized carbons (Fsp3) is 0.467. The topological polar surface area (TPSA) is 102 Å². The Bertz CT molecular complexity index is 492. The third-order valence-electron chi connectivity index (χ3n) is 3.78. The van der Waals surface area contributed by atoms with E-state index in [0.717, 1.165) is 5.56 Å². The summed E-state index contributed by atoms with van der Waals surface area (Å²) in [5.74, 6) is -0.873. The highest BCUT2D eigenvalue weighted by molar-refractivity contribution is 5.77. The molecule has 1 fully saturated rings. The number of amides is 2. The van der Waals surface area contributed by atoms with Crippen LogP contribution in [0.5, 0.6) is 0 Å². The van der Waals surface area contributed by atoms with E-state index in [1.165, 1.54) is 0 Å². The third-order valence-corrected chi connectivity index (χ3v) is 3.78. The van der Waals surface area contributed by atoms with Crippen LogP contribution < -0.4 is 11.1 Å². The van der Waals surface area contributed by atoms with Crippen LogP contribution in [0.15, 0.2) is 30.3 Å². The number of hydrogen-bond acceptors (Lipinski definition) is 4. The van der Waals surface area contributed by atoms with E-state index in [9.17, 15) is 14.7 Å². The standard InChI is InChI=1S/C15H20N2O4/c16-14(19)11-6-12(13(18)7-11)8-17-15(20)21-9-10-4-2-1-3-5-10/h1-5,11-13,18H,6-9H2,(H2,16,19)(H,17,20)/t11-,12+,13+/m1/s1. The van der Waals surface area contributed by atoms with Crippen LogP contribution >= 0.6 is 0 Å². The van der Waals surface area contributed by atoms with Crippen LogP contribution in [-0.2, 0) is 16.1 Å². The number of carbonyl (C=O) groups excluding carboxylic acids is 2. The molecular formula is C15H20N2O4. The molecule has 4 N–H and O–H groups in total. The van der Waals surface area contributed by atoms with Gasteiger partial charge in [-0.1, -0.05) is 30.3 Å². The molecule has 114 valence electrons. The number of nitrogens with one attached hydrogen (secondary N) is 1. The summed E-state index contributed by atoms with van der Waals surface area (Å²) in [5.41, 5.74) is 6.13. The van der Waals surface area contributed by atoms with Crippen LogP contribution in [0.4, 0.5) is 4.79 Å². The Kier molecular flexibility index (Phi) is 5.16. The monoisotopic (exact) mass is 292 g/mol. The van der Waals surface area contributed by atoms with Crippen LogP contribution in [0.2, 0.25) is 0 Å². The molecular weight excluding hydrogens is 272 g/mol. The SMILES string of the molecule is NC(=O)[C@@H]1C[C@@H](CNC(=O)OCc2ccccc2)[C@@H](O)C1. The summed E-state index contributed by atoms with van der Waals surface area (Å²) < 4.78 is 5.07. The van der Waals surface area contributed by atoms with E-state index in [2.05, 4.69) is 5.32 Å². The molecule has 0 bridgehead atoms. The molecule has 0 spiro atoms.